The van der Waals surface area contributed by atoms with Crippen LogP contribution in [0.4, 0.5) is 0 Å². The number of hydrogen-bond acceptors (Lipinski definition) is 10. The van der Waals surface area contributed by atoms with E-state index in [4.69, 9.17) is 4.74 Å². The van der Waals surface area contributed by atoms with Crippen LogP contribution >= 0.6 is 22.9 Å². The maximum absolute atomic E-state index is 13.7. The van der Waals surface area contributed by atoms with Gasteiger partial charge in [0.1, 0.15) is 22.7 Å². The number of likely N-dealkylation sites (tertiary alicyclic amines) is 2. The summed E-state index contributed by atoms with van der Waals surface area (Å²) in [6.45, 7) is 4.21. The zero-order valence-corrected chi connectivity index (χ0v) is 20.8. The Labute approximate surface area is 204 Å². The number of thiazole rings is 1. The molecule has 34 heavy (non-hydrogen) atoms. The molecule has 4 rings (SSSR count). The van der Waals surface area contributed by atoms with Crippen molar-refractivity contribution >= 4 is 46.6 Å². The molecular formula is C21H26N6O5S2. The highest BCUT2D eigenvalue weighted by atomic mass is 32.1. The van der Waals surface area contributed by atoms with E-state index in [1.165, 1.54) is 28.2 Å². The number of carbonyl (C=O) groups is 4. The molecule has 0 spiro atoms. The fourth-order valence-electron chi connectivity index (χ4n) is 4.48. The van der Waals surface area contributed by atoms with Gasteiger partial charge in [0.05, 0.1) is 17.8 Å². The molecule has 13 heteroatoms. The number of rotatable bonds is 5. The van der Waals surface area contributed by atoms with Crippen LogP contribution < -0.4 is 5.32 Å². The first-order valence-corrected chi connectivity index (χ1v) is 12.7. The molecule has 3 atom stereocenters. The molecule has 2 aromatic heterocycles. The highest BCUT2D eigenvalue weighted by Gasteiger charge is 2.44. The summed E-state index contributed by atoms with van der Waals surface area (Å²) in [4.78, 5) is 59.7. The van der Waals surface area contributed by atoms with Gasteiger partial charge in [-0.25, -0.2) is 9.78 Å². The van der Waals surface area contributed by atoms with Gasteiger partial charge in [0, 0.05) is 24.5 Å². The third-order valence-corrected chi connectivity index (χ3v) is 7.79. The SMILES string of the molecule is COC(=O)C1CCCN1C(=O)C1CC(NC(=O)c2snnc2C)CCN1C(=O)c1csc(C)n1. The molecule has 182 valence electrons. The van der Waals surface area contributed by atoms with E-state index in [-0.39, 0.29) is 36.7 Å². The third-order valence-electron chi connectivity index (χ3n) is 6.19. The van der Waals surface area contributed by atoms with Crippen LogP contribution in [0.25, 0.3) is 0 Å². The van der Waals surface area contributed by atoms with Gasteiger partial charge in [-0.05, 0) is 51.1 Å². The minimum absolute atomic E-state index is 0.231. The molecule has 0 aliphatic carbocycles. The first-order chi connectivity index (χ1) is 16.3. The van der Waals surface area contributed by atoms with E-state index in [1.54, 1.807) is 12.3 Å². The summed E-state index contributed by atoms with van der Waals surface area (Å²) < 4.78 is 8.69. The maximum atomic E-state index is 13.7. The Morgan fingerprint density at radius 3 is 2.56 bits per heavy atom. The van der Waals surface area contributed by atoms with Gasteiger partial charge in [0.2, 0.25) is 5.91 Å². The van der Waals surface area contributed by atoms with Gasteiger partial charge >= 0.3 is 5.97 Å². The Morgan fingerprint density at radius 1 is 1.12 bits per heavy atom. The van der Waals surface area contributed by atoms with E-state index in [2.05, 4.69) is 19.9 Å². The first-order valence-electron chi connectivity index (χ1n) is 11.0. The lowest BCUT2D eigenvalue weighted by molar-refractivity contribution is -0.153. The third kappa shape index (κ3) is 4.80. The molecule has 3 amide bonds. The quantitative estimate of drug-likeness (QED) is 0.598. The summed E-state index contributed by atoms with van der Waals surface area (Å²) in [5.74, 6) is -1.41. The van der Waals surface area contributed by atoms with Gasteiger partial charge < -0.3 is 19.9 Å². The Kier molecular flexibility index (Phi) is 7.22. The summed E-state index contributed by atoms with van der Waals surface area (Å²) in [5, 5.41) is 9.27. The monoisotopic (exact) mass is 506 g/mol. The van der Waals surface area contributed by atoms with E-state index >= 15 is 0 Å². The molecule has 0 bridgehead atoms. The van der Waals surface area contributed by atoms with Crippen molar-refractivity contribution < 1.29 is 23.9 Å². The number of amides is 3. The molecule has 4 heterocycles. The van der Waals surface area contributed by atoms with Crippen LogP contribution in [0.1, 0.15) is 56.5 Å². The van der Waals surface area contributed by atoms with Crippen LogP contribution in [-0.4, -0.2) is 86.4 Å². The molecule has 11 nitrogen and oxygen atoms in total. The zero-order valence-electron chi connectivity index (χ0n) is 19.1. The number of nitrogens with one attached hydrogen (secondary N) is 1. The predicted octanol–water partition coefficient (Wildman–Crippen LogP) is 1.18. The molecular weight excluding hydrogens is 480 g/mol. The van der Waals surface area contributed by atoms with Crippen LogP contribution in [0.3, 0.4) is 0 Å². The number of carbonyl (C=O) groups excluding carboxylic acids is 4. The number of aryl methyl sites for hydroxylation is 2. The maximum Gasteiger partial charge on any atom is 0.328 e. The van der Waals surface area contributed by atoms with E-state index in [1.807, 2.05) is 6.92 Å². The first kappa shape index (κ1) is 24.2. The molecule has 2 saturated heterocycles. The minimum atomic E-state index is -0.834. The summed E-state index contributed by atoms with van der Waals surface area (Å²) in [6.07, 6.45) is 1.91. The van der Waals surface area contributed by atoms with Crippen LogP contribution in [0.5, 0.6) is 0 Å². The van der Waals surface area contributed by atoms with Crippen LogP contribution in [-0.2, 0) is 14.3 Å². The molecule has 2 fully saturated rings. The van der Waals surface area contributed by atoms with Crippen LogP contribution in [0.15, 0.2) is 5.38 Å². The van der Waals surface area contributed by atoms with Gasteiger partial charge in [-0.15, -0.1) is 16.4 Å². The van der Waals surface area contributed by atoms with Crippen LogP contribution in [0, 0.1) is 13.8 Å². The molecule has 3 unspecified atom stereocenters. The Bertz CT molecular complexity index is 1100. The van der Waals surface area contributed by atoms with Crippen molar-refractivity contribution in [2.75, 3.05) is 20.2 Å². The molecule has 2 aliphatic rings. The second kappa shape index (κ2) is 10.1. The summed E-state index contributed by atoms with van der Waals surface area (Å²) in [5.41, 5.74) is 0.833. The number of ether oxygens (including phenoxy) is 1. The fraction of sp³-hybridized carbons (Fsp3) is 0.571. The average molecular weight is 507 g/mol. The van der Waals surface area contributed by atoms with Gasteiger partial charge in [0.25, 0.3) is 11.8 Å². The van der Waals surface area contributed by atoms with Crippen molar-refractivity contribution in [3.05, 3.63) is 26.7 Å². The van der Waals surface area contributed by atoms with Gasteiger partial charge in [-0.3, -0.25) is 14.4 Å². The van der Waals surface area contributed by atoms with Crippen molar-refractivity contribution in [1.29, 1.82) is 0 Å². The van der Waals surface area contributed by atoms with Gasteiger partial charge in [-0.2, -0.15) is 0 Å². The molecule has 2 aromatic rings. The molecule has 0 radical (unpaired) electrons. The van der Waals surface area contributed by atoms with E-state index in [0.29, 0.717) is 42.1 Å². The summed E-state index contributed by atoms with van der Waals surface area (Å²) in [7, 11) is 1.30. The lowest BCUT2D eigenvalue weighted by atomic mass is 9.95. The van der Waals surface area contributed by atoms with Crippen molar-refractivity contribution in [3.63, 3.8) is 0 Å². The molecule has 0 saturated carbocycles. The van der Waals surface area contributed by atoms with Crippen molar-refractivity contribution in [1.82, 2.24) is 29.7 Å². The lowest BCUT2D eigenvalue weighted by Gasteiger charge is -2.40. The number of aromatic nitrogens is 3. The van der Waals surface area contributed by atoms with Gasteiger partial charge in [0.15, 0.2) is 0 Å². The van der Waals surface area contributed by atoms with Crippen LogP contribution in [0.2, 0.25) is 0 Å². The lowest BCUT2D eigenvalue weighted by Crippen LogP contribution is -2.59. The number of methoxy groups -OCH3 is 1. The number of esters is 1. The topological polar surface area (TPSA) is 135 Å². The molecule has 1 N–H and O–H groups in total. The van der Waals surface area contributed by atoms with E-state index in [9.17, 15) is 19.2 Å². The second-order valence-electron chi connectivity index (χ2n) is 8.36. The molecule has 0 aromatic carbocycles. The van der Waals surface area contributed by atoms with Crippen molar-refractivity contribution in [2.24, 2.45) is 0 Å². The second-order valence-corrected chi connectivity index (χ2v) is 10.2. The van der Waals surface area contributed by atoms with E-state index in [0.717, 1.165) is 16.5 Å². The number of hydrogen-bond donors (Lipinski definition) is 1. The zero-order chi connectivity index (χ0) is 24.4. The minimum Gasteiger partial charge on any atom is -0.467 e. The normalized spacial score (nSPS) is 22.5. The largest absolute Gasteiger partial charge is 0.467 e. The van der Waals surface area contributed by atoms with Crippen molar-refractivity contribution in [3.8, 4) is 0 Å². The number of piperidine rings is 1. The summed E-state index contributed by atoms with van der Waals surface area (Å²) >= 11 is 2.38. The molecule has 2 aliphatic heterocycles. The standard InChI is InChI=1S/C21H26N6O5S2/c1-11-17(34-25-24-11)18(28)23-13-6-8-27(19(29)14-10-33-12(2)22-14)16(9-13)20(30)26-7-4-5-15(26)21(31)32-3/h10,13,15-16H,4-9H2,1-3H3,(H,23,28). The Morgan fingerprint density at radius 2 is 1.91 bits per heavy atom. The highest BCUT2D eigenvalue weighted by Crippen LogP contribution is 2.27. The Hall–Kier alpha value is -2.93. The average Bonchev–Trinajstić information content (AvgIpc) is 3.58. The highest BCUT2D eigenvalue weighted by molar-refractivity contribution is 7.09. The van der Waals surface area contributed by atoms with Gasteiger partial charge in [-0.1, -0.05) is 4.49 Å². The summed E-state index contributed by atoms with van der Waals surface area (Å²) in [6, 6.07) is -1.83. The number of nitrogens with zero attached hydrogens (tertiary/aromatic N) is 5. The predicted molar refractivity (Wildman–Crippen MR) is 124 cm³/mol. The van der Waals surface area contributed by atoms with Crippen molar-refractivity contribution in [2.45, 2.75) is 57.7 Å². The smallest absolute Gasteiger partial charge is 0.328 e. The fourth-order valence-corrected chi connectivity index (χ4v) is 5.62. The van der Waals surface area contributed by atoms with E-state index < -0.39 is 18.1 Å². The Balaban J connectivity index is 1.57.